The summed E-state index contributed by atoms with van der Waals surface area (Å²) < 4.78 is 1.32. The number of rotatable bonds is 2. The lowest BCUT2D eigenvalue weighted by Crippen LogP contribution is -2.68. The van der Waals surface area contributed by atoms with Gasteiger partial charge in [-0.1, -0.05) is 31.0 Å². The van der Waals surface area contributed by atoms with Crippen molar-refractivity contribution in [1.82, 2.24) is 0 Å². The summed E-state index contributed by atoms with van der Waals surface area (Å²) in [4.78, 5) is 0. The molecule has 0 unspecified atom stereocenters. The van der Waals surface area contributed by atoms with Crippen LogP contribution in [0.3, 0.4) is 0 Å². The zero-order chi connectivity index (χ0) is 15.7. The van der Waals surface area contributed by atoms with Gasteiger partial charge in [-0.25, -0.2) is 0 Å². The average molecular weight is 311 g/mol. The van der Waals surface area contributed by atoms with Crippen LogP contribution in [0.25, 0.3) is 0 Å². The molecule has 1 heterocycles. The second-order valence-electron chi connectivity index (χ2n) is 9.18. The van der Waals surface area contributed by atoms with Crippen LogP contribution in [-0.4, -0.2) is 30.7 Å². The fourth-order valence-corrected chi connectivity index (χ4v) is 6.56. The maximum Gasteiger partial charge on any atom is 0.0966 e. The molecule has 2 saturated carbocycles. The summed E-state index contributed by atoms with van der Waals surface area (Å²) in [5.41, 5.74) is 3.31. The van der Waals surface area contributed by atoms with Crippen molar-refractivity contribution < 1.29 is 9.59 Å². The minimum absolute atomic E-state index is 0.224. The fourth-order valence-electron chi connectivity index (χ4n) is 6.56. The first-order valence-corrected chi connectivity index (χ1v) is 9.75. The van der Waals surface area contributed by atoms with Crippen LogP contribution in [0.5, 0.6) is 5.75 Å². The second kappa shape index (κ2) is 4.75. The van der Waals surface area contributed by atoms with E-state index in [0.29, 0.717) is 5.41 Å². The average Bonchev–Trinajstić information content (AvgIpc) is 3.35. The molecule has 5 rings (SSSR count). The monoisotopic (exact) mass is 311 g/mol. The number of benzene rings is 1. The topological polar surface area (TPSA) is 23.1 Å². The maximum atomic E-state index is 12.1. The van der Waals surface area contributed by atoms with Crippen LogP contribution in [-0.2, 0) is 11.8 Å². The van der Waals surface area contributed by atoms with Gasteiger partial charge in [0.1, 0.15) is 0 Å². The van der Waals surface area contributed by atoms with Gasteiger partial charge < -0.3 is 9.59 Å². The van der Waals surface area contributed by atoms with Gasteiger partial charge in [-0.2, -0.15) is 0 Å². The largest absolute Gasteiger partial charge is 0.872 e. The smallest absolute Gasteiger partial charge is 0.0966 e. The third kappa shape index (κ3) is 2.03. The molecule has 0 spiro atoms. The summed E-state index contributed by atoms with van der Waals surface area (Å²) in [6.07, 6.45) is 10.9. The van der Waals surface area contributed by atoms with E-state index in [1.165, 1.54) is 80.1 Å². The van der Waals surface area contributed by atoms with E-state index in [0.717, 1.165) is 17.9 Å². The normalized spacial score (nSPS) is 42.0. The van der Waals surface area contributed by atoms with Crippen molar-refractivity contribution in [2.75, 3.05) is 20.1 Å². The van der Waals surface area contributed by atoms with Gasteiger partial charge in [0.2, 0.25) is 0 Å². The van der Waals surface area contributed by atoms with Crippen LogP contribution in [0.4, 0.5) is 0 Å². The molecular formula is C21H29NO. The first kappa shape index (κ1) is 14.3. The van der Waals surface area contributed by atoms with Crippen molar-refractivity contribution in [2.24, 2.45) is 11.8 Å². The van der Waals surface area contributed by atoms with E-state index in [1.54, 1.807) is 6.07 Å². The van der Waals surface area contributed by atoms with Gasteiger partial charge in [0, 0.05) is 30.1 Å². The highest BCUT2D eigenvalue weighted by Crippen LogP contribution is 2.58. The number of quaternary nitrogens is 1. The van der Waals surface area contributed by atoms with Crippen molar-refractivity contribution in [1.29, 1.82) is 0 Å². The van der Waals surface area contributed by atoms with Gasteiger partial charge in [0.25, 0.3) is 0 Å². The molecule has 0 N–H and O–H groups in total. The van der Waals surface area contributed by atoms with Crippen LogP contribution in [0, 0.1) is 11.8 Å². The molecule has 1 aromatic carbocycles. The van der Waals surface area contributed by atoms with Crippen molar-refractivity contribution >= 4 is 0 Å². The van der Waals surface area contributed by atoms with Gasteiger partial charge in [-0.3, -0.25) is 0 Å². The van der Waals surface area contributed by atoms with Gasteiger partial charge in [-0.05, 0) is 36.8 Å². The third-order valence-electron chi connectivity index (χ3n) is 7.85. The Morgan fingerprint density at radius 3 is 2.87 bits per heavy atom. The highest BCUT2D eigenvalue weighted by Gasteiger charge is 2.59. The lowest BCUT2D eigenvalue weighted by molar-refractivity contribution is -0.946. The predicted octanol–water partition coefficient (Wildman–Crippen LogP) is 3.37. The first-order chi connectivity index (χ1) is 11.1. The molecule has 1 saturated heterocycles. The van der Waals surface area contributed by atoms with Crippen LogP contribution < -0.4 is 5.11 Å². The fraction of sp³-hybridized carbons (Fsp3) is 0.714. The molecule has 1 aromatic rings. The van der Waals surface area contributed by atoms with Crippen molar-refractivity contribution in [3.63, 3.8) is 0 Å². The van der Waals surface area contributed by atoms with Gasteiger partial charge in [-0.15, -0.1) is 5.75 Å². The summed E-state index contributed by atoms with van der Waals surface area (Å²) in [7, 11) is 2.55. The molecule has 4 aliphatic rings. The molecule has 1 aliphatic heterocycles. The number of fused-ring (bicyclic) bond motifs is 1. The molecule has 4 atom stereocenters. The summed E-state index contributed by atoms with van der Waals surface area (Å²) in [6, 6.07) is 6.79. The molecular weight excluding hydrogens is 282 g/mol. The summed E-state index contributed by atoms with van der Waals surface area (Å²) in [5, 5.41) is 12.1. The van der Waals surface area contributed by atoms with Crippen LogP contribution >= 0.6 is 0 Å². The SMILES string of the molecule is C[N@@+]1(CC2CC2)CC[C@]23CCCC[C@@H]2[C@H]1Cc1ccc([O-])cc13. The summed E-state index contributed by atoms with van der Waals surface area (Å²) >= 11 is 0. The maximum absolute atomic E-state index is 12.1. The molecule has 2 heteroatoms. The number of likely N-dealkylation sites (tertiary alicyclic amines) is 1. The van der Waals surface area contributed by atoms with Crippen molar-refractivity contribution in [2.45, 2.75) is 62.8 Å². The number of hydrogen-bond donors (Lipinski definition) is 0. The highest BCUT2D eigenvalue weighted by molar-refractivity contribution is 5.44. The zero-order valence-electron chi connectivity index (χ0n) is 14.4. The molecule has 2 bridgehead atoms. The molecule has 3 aliphatic carbocycles. The van der Waals surface area contributed by atoms with Crippen LogP contribution in [0.1, 0.15) is 56.1 Å². The van der Waals surface area contributed by atoms with E-state index >= 15 is 0 Å². The second-order valence-corrected chi connectivity index (χ2v) is 9.18. The van der Waals surface area contributed by atoms with Crippen molar-refractivity contribution in [3.05, 3.63) is 29.3 Å². The van der Waals surface area contributed by atoms with E-state index < -0.39 is 0 Å². The Balaban J connectivity index is 1.62. The number of likely N-dealkylation sites (N-methyl/N-ethyl adjacent to an activating group) is 1. The lowest BCUT2D eigenvalue weighted by Gasteiger charge is -2.61. The Hall–Kier alpha value is -1.02. The number of nitrogens with zero attached hydrogens (tertiary/aromatic N) is 1. The Morgan fingerprint density at radius 2 is 2.04 bits per heavy atom. The van der Waals surface area contributed by atoms with E-state index in [4.69, 9.17) is 0 Å². The molecule has 23 heavy (non-hydrogen) atoms. The van der Waals surface area contributed by atoms with E-state index in [2.05, 4.69) is 13.1 Å². The quantitative estimate of drug-likeness (QED) is 0.768. The first-order valence-electron chi connectivity index (χ1n) is 9.75. The van der Waals surface area contributed by atoms with Gasteiger partial charge in [0.05, 0.1) is 26.2 Å². The summed E-state index contributed by atoms with van der Waals surface area (Å²) in [5.74, 6) is 2.05. The Kier molecular flexibility index (Phi) is 2.96. The standard InChI is InChI=1S/C21H29NO/c1-22(14-15-5-6-15)11-10-21-9-3-2-4-18(21)20(22)12-16-7-8-17(23)13-19(16)21/h7-8,13,15,18,20H,2-6,9-12,14H2,1H3/t18-,20-,21-,22+/m1/s1. The number of piperidine rings is 1. The third-order valence-corrected chi connectivity index (χ3v) is 7.85. The molecule has 0 radical (unpaired) electrons. The van der Waals surface area contributed by atoms with Gasteiger partial charge in [0.15, 0.2) is 0 Å². The highest BCUT2D eigenvalue weighted by atomic mass is 16.3. The minimum Gasteiger partial charge on any atom is -0.872 e. The molecule has 2 nitrogen and oxygen atoms in total. The predicted molar refractivity (Wildman–Crippen MR) is 90.3 cm³/mol. The van der Waals surface area contributed by atoms with E-state index in [-0.39, 0.29) is 5.75 Å². The lowest BCUT2D eigenvalue weighted by atomic mass is 9.52. The Labute approximate surface area is 140 Å². The molecule has 124 valence electrons. The number of hydrogen-bond acceptors (Lipinski definition) is 1. The van der Waals surface area contributed by atoms with E-state index in [9.17, 15) is 5.11 Å². The Bertz CT molecular complexity index is 637. The summed E-state index contributed by atoms with van der Waals surface area (Å²) in [6.45, 7) is 2.74. The van der Waals surface area contributed by atoms with Crippen molar-refractivity contribution in [3.8, 4) is 5.75 Å². The Morgan fingerprint density at radius 1 is 1.17 bits per heavy atom. The van der Waals surface area contributed by atoms with E-state index in [1.807, 2.05) is 6.07 Å². The minimum atomic E-state index is 0.224. The molecule has 3 fully saturated rings. The molecule has 0 amide bonds. The zero-order valence-corrected chi connectivity index (χ0v) is 14.4. The van der Waals surface area contributed by atoms with Gasteiger partial charge >= 0.3 is 0 Å². The van der Waals surface area contributed by atoms with Crippen LogP contribution in [0.15, 0.2) is 18.2 Å². The van der Waals surface area contributed by atoms with Crippen LogP contribution in [0.2, 0.25) is 0 Å². The molecule has 0 aromatic heterocycles.